The van der Waals surface area contributed by atoms with Gasteiger partial charge in [0.25, 0.3) is 11.8 Å². The van der Waals surface area contributed by atoms with Crippen molar-refractivity contribution in [3.8, 4) is 5.69 Å². The zero-order chi connectivity index (χ0) is 18.5. The van der Waals surface area contributed by atoms with Crippen LogP contribution in [0.15, 0.2) is 42.6 Å². The van der Waals surface area contributed by atoms with Crippen LogP contribution in [0.1, 0.15) is 23.3 Å². The maximum absolute atomic E-state index is 13.9. The Morgan fingerprint density at radius 1 is 1.27 bits per heavy atom. The average Bonchev–Trinajstić information content (AvgIpc) is 2.95. The normalized spacial score (nSPS) is 16.5. The van der Waals surface area contributed by atoms with Gasteiger partial charge in [-0.1, -0.05) is 11.6 Å². The van der Waals surface area contributed by atoms with E-state index in [9.17, 15) is 18.0 Å². The zero-order valence-corrected chi connectivity index (χ0v) is 14.1. The number of hydrogen-bond donors (Lipinski definition) is 1. The van der Waals surface area contributed by atoms with Crippen LogP contribution in [0.25, 0.3) is 16.7 Å². The second-order valence-corrected chi connectivity index (χ2v) is 6.72. The number of carbonyl (C=O) groups excluding carboxylic acids is 1. The van der Waals surface area contributed by atoms with E-state index >= 15 is 0 Å². The molecule has 1 aromatic carbocycles. The number of fused-ring (bicyclic) bond motifs is 1. The molecule has 0 radical (unpaired) electrons. The first-order valence-electron chi connectivity index (χ1n) is 7.95. The van der Waals surface area contributed by atoms with Gasteiger partial charge in [0.05, 0.1) is 10.7 Å². The highest BCUT2D eigenvalue weighted by Gasteiger charge is 2.46. The van der Waals surface area contributed by atoms with Crippen LogP contribution in [0, 0.1) is 5.82 Å². The maximum atomic E-state index is 13.9. The fraction of sp³-hybridized carbons (Fsp3) is 0.222. The lowest BCUT2D eigenvalue weighted by atomic mass is 9.88. The number of pyridine rings is 1. The highest BCUT2D eigenvalue weighted by Crippen LogP contribution is 2.37. The van der Waals surface area contributed by atoms with Crippen molar-refractivity contribution in [1.82, 2.24) is 14.9 Å². The summed E-state index contributed by atoms with van der Waals surface area (Å²) < 4.78 is 41.4. The summed E-state index contributed by atoms with van der Waals surface area (Å²) in [4.78, 5) is 16.9. The van der Waals surface area contributed by atoms with Crippen molar-refractivity contribution in [1.29, 1.82) is 0 Å². The minimum Gasteiger partial charge on any atom is -0.348 e. The molecule has 3 aromatic rings. The minimum absolute atomic E-state index is 0.0409. The standard InChI is InChI=1S/C18H13ClF3N3O/c19-13-4-3-12(7-14(13)20)25-15(6-10-2-1-5-23-16(10)25)17(26)24-11-8-18(21,22)9-11/h1-7,11H,8-9H2,(H,24,26). The van der Waals surface area contributed by atoms with Crippen LogP contribution in [-0.2, 0) is 0 Å². The van der Waals surface area contributed by atoms with E-state index in [1.807, 2.05) is 0 Å². The lowest BCUT2D eigenvalue weighted by Gasteiger charge is -2.35. The van der Waals surface area contributed by atoms with Crippen molar-refractivity contribution in [3.05, 3.63) is 59.1 Å². The smallest absolute Gasteiger partial charge is 0.268 e. The van der Waals surface area contributed by atoms with Crippen LogP contribution in [0.4, 0.5) is 13.2 Å². The summed E-state index contributed by atoms with van der Waals surface area (Å²) in [6.45, 7) is 0. The van der Waals surface area contributed by atoms with Crippen molar-refractivity contribution in [2.24, 2.45) is 0 Å². The molecule has 134 valence electrons. The average molecular weight is 380 g/mol. The molecule has 1 saturated carbocycles. The second kappa shape index (κ2) is 6.02. The largest absolute Gasteiger partial charge is 0.348 e. The number of nitrogens with zero attached hydrogens (tertiary/aromatic N) is 2. The molecule has 0 spiro atoms. The summed E-state index contributed by atoms with van der Waals surface area (Å²) in [5, 5.41) is 3.23. The van der Waals surface area contributed by atoms with E-state index in [0.29, 0.717) is 16.7 Å². The van der Waals surface area contributed by atoms with Gasteiger partial charge in [-0.15, -0.1) is 0 Å². The van der Waals surface area contributed by atoms with Crippen molar-refractivity contribution < 1.29 is 18.0 Å². The van der Waals surface area contributed by atoms with Crippen molar-refractivity contribution >= 4 is 28.5 Å². The Balaban J connectivity index is 1.76. The molecule has 0 saturated heterocycles. The fourth-order valence-corrected chi connectivity index (χ4v) is 3.23. The summed E-state index contributed by atoms with van der Waals surface area (Å²) in [6, 6.07) is 8.64. The number of benzene rings is 1. The summed E-state index contributed by atoms with van der Waals surface area (Å²) in [5.41, 5.74) is 1.01. The number of carbonyl (C=O) groups is 1. The number of hydrogen-bond acceptors (Lipinski definition) is 2. The molecule has 0 unspecified atom stereocenters. The van der Waals surface area contributed by atoms with Crippen molar-refractivity contribution in [2.75, 3.05) is 0 Å². The van der Waals surface area contributed by atoms with Gasteiger partial charge in [0, 0.05) is 30.5 Å². The van der Waals surface area contributed by atoms with E-state index in [-0.39, 0.29) is 23.6 Å². The van der Waals surface area contributed by atoms with Crippen molar-refractivity contribution in [2.45, 2.75) is 24.8 Å². The third-order valence-electron chi connectivity index (χ3n) is 4.38. The van der Waals surface area contributed by atoms with E-state index in [1.165, 1.54) is 16.7 Å². The number of alkyl halides is 2. The van der Waals surface area contributed by atoms with Gasteiger partial charge >= 0.3 is 0 Å². The van der Waals surface area contributed by atoms with Crippen LogP contribution < -0.4 is 5.32 Å². The highest BCUT2D eigenvalue weighted by molar-refractivity contribution is 6.30. The molecule has 0 aliphatic heterocycles. The Morgan fingerprint density at radius 3 is 2.73 bits per heavy atom. The Bertz CT molecular complexity index is 1010. The zero-order valence-electron chi connectivity index (χ0n) is 13.3. The van der Waals surface area contributed by atoms with Crippen LogP contribution in [0.3, 0.4) is 0 Å². The lowest BCUT2D eigenvalue weighted by Crippen LogP contribution is -2.50. The highest BCUT2D eigenvalue weighted by atomic mass is 35.5. The van der Waals surface area contributed by atoms with Crippen LogP contribution in [0.5, 0.6) is 0 Å². The van der Waals surface area contributed by atoms with E-state index in [2.05, 4.69) is 10.3 Å². The van der Waals surface area contributed by atoms with E-state index in [4.69, 9.17) is 11.6 Å². The molecule has 8 heteroatoms. The molecule has 1 aliphatic rings. The number of aromatic nitrogens is 2. The molecule has 2 aromatic heterocycles. The van der Waals surface area contributed by atoms with Gasteiger partial charge in [-0.05, 0) is 36.4 Å². The predicted octanol–water partition coefficient (Wildman–Crippen LogP) is 4.35. The molecular formula is C18H13ClF3N3O. The minimum atomic E-state index is -2.73. The summed E-state index contributed by atoms with van der Waals surface area (Å²) in [5.74, 6) is -3.88. The van der Waals surface area contributed by atoms with Crippen LogP contribution in [-0.4, -0.2) is 27.4 Å². The molecule has 1 fully saturated rings. The fourth-order valence-electron chi connectivity index (χ4n) is 3.11. The summed E-state index contributed by atoms with van der Waals surface area (Å²) >= 11 is 5.73. The number of rotatable bonds is 3. The Kier molecular flexibility index (Phi) is 3.91. The van der Waals surface area contributed by atoms with Gasteiger partial charge in [0.1, 0.15) is 17.2 Å². The third-order valence-corrected chi connectivity index (χ3v) is 4.69. The number of nitrogens with one attached hydrogen (secondary N) is 1. The van der Waals surface area contributed by atoms with Gasteiger partial charge in [-0.3, -0.25) is 9.36 Å². The first kappa shape index (κ1) is 16.9. The molecule has 0 bridgehead atoms. The quantitative estimate of drug-likeness (QED) is 0.735. The summed E-state index contributed by atoms with van der Waals surface area (Å²) in [7, 11) is 0. The Labute approximate surface area is 151 Å². The van der Waals surface area contributed by atoms with Gasteiger partial charge in [-0.2, -0.15) is 0 Å². The second-order valence-electron chi connectivity index (χ2n) is 6.31. The number of halogens is 4. The Morgan fingerprint density at radius 2 is 2.04 bits per heavy atom. The topological polar surface area (TPSA) is 46.9 Å². The number of amides is 1. The van der Waals surface area contributed by atoms with Gasteiger partial charge in [-0.25, -0.2) is 18.2 Å². The SMILES string of the molecule is O=C(NC1CC(F)(F)C1)c1cc2cccnc2n1-c1ccc(Cl)c(F)c1. The molecule has 4 rings (SSSR count). The Hall–Kier alpha value is -2.54. The van der Waals surface area contributed by atoms with Gasteiger partial charge in [0.15, 0.2) is 0 Å². The van der Waals surface area contributed by atoms with Gasteiger partial charge in [0.2, 0.25) is 0 Å². The maximum Gasteiger partial charge on any atom is 0.268 e. The van der Waals surface area contributed by atoms with E-state index < -0.39 is 23.7 Å². The molecule has 1 aliphatic carbocycles. The predicted molar refractivity (Wildman–Crippen MR) is 91.5 cm³/mol. The molecule has 0 atom stereocenters. The van der Waals surface area contributed by atoms with Crippen LogP contribution in [0.2, 0.25) is 5.02 Å². The third kappa shape index (κ3) is 2.92. The first-order chi connectivity index (χ1) is 12.3. The van der Waals surface area contributed by atoms with E-state index in [1.54, 1.807) is 30.5 Å². The molecule has 26 heavy (non-hydrogen) atoms. The van der Waals surface area contributed by atoms with E-state index in [0.717, 1.165) is 0 Å². The van der Waals surface area contributed by atoms with Crippen LogP contribution >= 0.6 is 11.6 Å². The van der Waals surface area contributed by atoms with Crippen molar-refractivity contribution in [3.63, 3.8) is 0 Å². The first-order valence-corrected chi connectivity index (χ1v) is 8.32. The monoisotopic (exact) mass is 379 g/mol. The van der Waals surface area contributed by atoms with Gasteiger partial charge < -0.3 is 5.32 Å². The molecule has 2 heterocycles. The summed E-state index contributed by atoms with van der Waals surface area (Å²) in [6.07, 6.45) is 0.791. The molecule has 4 nitrogen and oxygen atoms in total. The molecule has 1 amide bonds. The molecular weight excluding hydrogens is 367 g/mol. The lowest BCUT2D eigenvalue weighted by molar-refractivity contribution is -0.0901. The molecule has 1 N–H and O–H groups in total.